The van der Waals surface area contributed by atoms with Crippen molar-refractivity contribution in [1.82, 2.24) is 0 Å². The Balaban J connectivity index is 0. The van der Waals surface area contributed by atoms with Crippen molar-refractivity contribution in [2.45, 2.75) is 0 Å². The van der Waals surface area contributed by atoms with Crippen molar-refractivity contribution in [2.75, 3.05) is 13.1 Å². The van der Waals surface area contributed by atoms with E-state index in [1.54, 1.807) is 6.08 Å². The summed E-state index contributed by atoms with van der Waals surface area (Å²) in [5.74, 6) is 0. The quantitative estimate of drug-likeness (QED) is 0.272. The molecular weight excluding hydrogens is 83.0 g/mol. The molecule has 0 aromatic rings. The third-order valence-electron chi connectivity index (χ3n) is 0.380. The predicted molar refractivity (Wildman–Crippen MR) is 25.9 cm³/mol. The van der Waals surface area contributed by atoms with Crippen molar-refractivity contribution in [2.24, 2.45) is 11.5 Å². The van der Waals surface area contributed by atoms with Gasteiger partial charge in [-0.2, -0.15) is 0 Å². The molecule has 0 aliphatic heterocycles. The largest absolute Gasteiger partial charge is 1.00 e. The van der Waals surface area contributed by atoms with E-state index in [9.17, 15) is 0 Å². The van der Waals surface area contributed by atoms with Crippen LogP contribution in [0.2, 0.25) is 0 Å². The van der Waals surface area contributed by atoms with Crippen molar-refractivity contribution >= 4 is 0 Å². The summed E-state index contributed by atoms with van der Waals surface area (Å²) >= 11 is 0. The van der Waals surface area contributed by atoms with Crippen molar-refractivity contribution < 1.29 is 18.9 Å². The fraction of sp³-hybridized carbons (Fsp3) is 0.500. The van der Waals surface area contributed by atoms with Crippen LogP contribution in [0.4, 0.5) is 0 Å². The molecule has 0 atom stereocenters. The van der Waals surface area contributed by atoms with Crippen LogP contribution >= 0.6 is 0 Å². The molecule has 4 N–H and O–H groups in total. The standard InChI is InChI=1S/C4H9N2.Li/c5-3-1-2-4-6;/h1H,3-6H2;/q-1;+1. The van der Waals surface area contributed by atoms with E-state index < -0.39 is 0 Å². The molecule has 0 radical (unpaired) electrons. The van der Waals surface area contributed by atoms with Crippen LogP contribution in [0.25, 0.3) is 0 Å². The van der Waals surface area contributed by atoms with Gasteiger partial charge in [-0.3, -0.25) is 6.08 Å². The van der Waals surface area contributed by atoms with E-state index in [4.69, 9.17) is 11.5 Å². The Bertz CT molecular complexity index is 39.0. The Hall–Kier alpha value is 0.257. The molecule has 0 unspecified atom stereocenters. The molecule has 36 valence electrons. The SMILES string of the molecule is NC[C-]=CCN.[Li+]. The Labute approximate surface area is 56.1 Å². The van der Waals surface area contributed by atoms with Crippen LogP contribution < -0.4 is 30.3 Å². The van der Waals surface area contributed by atoms with Gasteiger partial charge < -0.3 is 17.5 Å². The summed E-state index contributed by atoms with van der Waals surface area (Å²) < 4.78 is 0. The Kier molecular flexibility index (Phi) is 14.0. The van der Waals surface area contributed by atoms with Crippen LogP contribution in [0.3, 0.4) is 0 Å². The second-order valence-corrected chi connectivity index (χ2v) is 0.848. The van der Waals surface area contributed by atoms with Gasteiger partial charge in [0, 0.05) is 0 Å². The van der Waals surface area contributed by atoms with Gasteiger partial charge in [-0.15, -0.1) is 6.54 Å². The third-order valence-corrected chi connectivity index (χ3v) is 0.380. The number of nitrogens with two attached hydrogens (primary N) is 2. The summed E-state index contributed by atoms with van der Waals surface area (Å²) in [5, 5.41) is 0. The van der Waals surface area contributed by atoms with Crippen LogP contribution in [0.15, 0.2) is 6.08 Å². The van der Waals surface area contributed by atoms with E-state index in [2.05, 4.69) is 6.08 Å². The average Bonchev–Trinajstić information content (AvgIpc) is 1.61. The minimum absolute atomic E-state index is 0. The molecule has 0 amide bonds. The molecule has 0 fully saturated rings. The van der Waals surface area contributed by atoms with Gasteiger partial charge in [0.1, 0.15) is 0 Å². The van der Waals surface area contributed by atoms with E-state index >= 15 is 0 Å². The fourth-order valence-corrected chi connectivity index (χ4v) is 0.167. The average molecular weight is 92.1 g/mol. The zero-order chi connectivity index (χ0) is 4.83. The van der Waals surface area contributed by atoms with Crippen LogP contribution in [-0.2, 0) is 0 Å². The molecule has 0 aromatic heterocycles. The van der Waals surface area contributed by atoms with E-state index in [1.165, 1.54) is 0 Å². The van der Waals surface area contributed by atoms with Crippen molar-refractivity contribution in [3.05, 3.63) is 12.2 Å². The summed E-state index contributed by atoms with van der Waals surface area (Å²) in [6.45, 7) is 1.01. The van der Waals surface area contributed by atoms with Crippen LogP contribution in [-0.4, -0.2) is 13.1 Å². The first-order valence-corrected chi connectivity index (χ1v) is 1.87. The van der Waals surface area contributed by atoms with Gasteiger partial charge in [-0.25, -0.2) is 0 Å². The molecule has 3 heteroatoms. The number of rotatable bonds is 2. The molecule has 0 aromatic carbocycles. The normalized spacial score (nSPS) is 8.86. The van der Waals surface area contributed by atoms with Crippen molar-refractivity contribution in [3.8, 4) is 0 Å². The van der Waals surface area contributed by atoms with E-state index in [0.717, 1.165) is 0 Å². The minimum atomic E-state index is 0. The molecule has 0 saturated carbocycles. The second kappa shape index (κ2) is 9.54. The molecular formula is C4H9LiN2. The van der Waals surface area contributed by atoms with E-state index in [0.29, 0.717) is 13.1 Å². The van der Waals surface area contributed by atoms with Crippen LogP contribution in [0.5, 0.6) is 0 Å². The predicted octanol–water partition coefficient (Wildman–Crippen LogP) is -3.73. The molecule has 0 aliphatic carbocycles. The molecule has 0 bridgehead atoms. The minimum Gasteiger partial charge on any atom is -0.485 e. The Morgan fingerprint density at radius 3 is 2.14 bits per heavy atom. The number of hydrogen-bond donors (Lipinski definition) is 2. The summed E-state index contributed by atoms with van der Waals surface area (Å²) in [5.41, 5.74) is 10.1. The summed E-state index contributed by atoms with van der Waals surface area (Å²) in [6.07, 6.45) is 4.43. The molecule has 0 aliphatic rings. The van der Waals surface area contributed by atoms with E-state index in [1.807, 2.05) is 0 Å². The van der Waals surface area contributed by atoms with E-state index in [-0.39, 0.29) is 18.9 Å². The van der Waals surface area contributed by atoms with Gasteiger partial charge in [0.15, 0.2) is 0 Å². The second-order valence-electron chi connectivity index (χ2n) is 0.848. The first-order chi connectivity index (χ1) is 2.91. The van der Waals surface area contributed by atoms with Gasteiger partial charge in [0.2, 0.25) is 0 Å². The summed E-state index contributed by atoms with van der Waals surface area (Å²) in [4.78, 5) is 0. The molecule has 0 saturated heterocycles. The third kappa shape index (κ3) is 10.7. The van der Waals surface area contributed by atoms with Gasteiger partial charge in [0.05, 0.1) is 0 Å². The number of hydrogen-bond acceptors (Lipinski definition) is 2. The molecule has 7 heavy (non-hydrogen) atoms. The molecule has 0 rings (SSSR count). The molecule has 2 nitrogen and oxygen atoms in total. The maximum absolute atomic E-state index is 5.04. The van der Waals surface area contributed by atoms with Crippen LogP contribution in [0, 0.1) is 6.08 Å². The maximum atomic E-state index is 5.04. The van der Waals surface area contributed by atoms with Crippen LogP contribution in [0.1, 0.15) is 0 Å². The first-order valence-electron chi connectivity index (χ1n) is 1.87. The molecule has 0 heterocycles. The fourth-order valence-electron chi connectivity index (χ4n) is 0.167. The Morgan fingerprint density at radius 2 is 2.00 bits per heavy atom. The van der Waals surface area contributed by atoms with Gasteiger partial charge >= 0.3 is 18.9 Å². The zero-order valence-corrected chi connectivity index (χ0v) is 4.65. The van der Waals surface area contributed by atoms with Gasteiger partial charge in [-0.1, -0.05) is 0 Å². The zero-order valence-electron chi connectivity index (χ0n) is 4.65. The van der Waals surface area contributed by atoms with Crippen molar-refractivity contribution in [1.29, 1.82) is 0 Å². The topological polar surface area (TPSA) is 52.0 Å². The summed E-state index contributed by atoms with van der Waals surface area (Å²) in [6, 6.07) is 0. The molecule has 0 spiro atoms. The van der Waals surface area contributed by atoms with Gasteiger partial charge in [-0.05, 0) is 6.54 Å². The Morgan fingerprint density at radius 1 is 1.43 bits per heavy atom. The smallest absolute Gasteiger partial charge is 0.485 e. The van der Waals surface area contributed by atoms with Gasteiger partial charge in [0.25, 0.3) is 0 Å². The first kappa shape index (κ1) is 10.3. The van der Waals surface area contributed by atoms with Crippen molar-refractivity contribution in [3.63, 3.8) is 0 Å². The summed E-state index contributed by atoms with van der Waals surface area (Å²) in [7, 11) is 0. The monoisotopic (exact) mass is 92.1 g/mol. The maximum Gasteiger partial charge on any atom is 1.00 e.